The molecule has 0 radical (unpaired) electrons. The zero-order chi connectivity index (χ0) is 14.9. The maximum absolute atomic E-state index is 4.52. The van der Waals surface area contributed by atoms with Crippen molar-refractivity contribution in [1.29, 1.82) is 0 Å². The molecule has 5 heteroatoms. The van der Waals surface area contributed by atoms with E-state index in [0.29, 0.717) is 5.92 Å². The lowest BCUT2D eigenvalue weighted by molar-refractivity contribution is 0.197. The fourth-order valence-corrected chi connectivity index (χ4v) is 3.48. The molecule has 1 fully saturated rings. The van der Waals surface area contributed by atoms with E-state index in [1.165, 1.54) is 29.3 Å². The maximum atomic E-state index is 4.52. The summed E-state index contributed by atoms with van der Waals surface area (Å²) in [6, 6.07) is 8.67. The first-order valence-corrected chi connectivity index (χ1v) is 7.96. The van der Waals surface area contributed by atoms with Crippen molar-refractivity contribution in [3.05, 3.63) is 47.7 Å². The Bertz CT molecular complexity index is 772. The summed E-state index contributed by atoms with van der Waals surface area (Å²) < 4.78 is 0. The van der Waals surface area contributed by atoms with Gasteiger partial charge in [-0.2, -0.15) is 5.10 Å². The fraction of sp³-hybridized carbons (Fsp3) is 0.412. The first-order valence-electron chi connectivity index (χ1n) is 7.96. The van der Waals surface area contributed by atoms with Gasteiger partial charge in [0.15, 0.2) is 5.82 Å². The van der Waals surface area contributed by atoms with Gasteiger partial charge in [-0.15, -0.1) is 0 Å². The van der Waals surface area contributed by atoms with Crippen LogP contribution in [0.4, 0.5) is 0 Å². The normalized spacial score (nSPS) is 19.8. The van der Waals surface area contributed by atoms with E-state index in [1.807, 2.05) is 13.1 Å². The number of fused-ring (bicyclic) bond motifs is 1. The van der Waals surface area contributed by atoms with Crippen LogP contribution >= 0.6 is 0 Å². The quantitative estimate of drug-likeness (QED) is 0.781. The highest BCUT2D eigenvalue weighted by Gasteiger charge is 2.24. The molecule has 22 heavy (non-hydrogen) atoms. The first-order chi connectivity index (χ1) is 10.8. The number of hydrogen-bond donors (Lipinski definition) is 2. The molecule has 1 saturated heterocycles. The number of aromatic amines is 2. The molecular weight excluding hydrogens is 274 g/mol. The number of nitrogens with one attached hydrogen (secondary N) is 2. The van der Waals surface area contributed by atoms with E-state index >= 15 is 0 Å². The van der Waals surface area contributed by atoms with Gasteiger partial charge in [-0.1, -0.05) is 12.1 Å². The topological polar surface area (TPSA) is 60.6 Å². The van der Waals surface area contributed by atoms with Crippen LogP contribution in [0.15, 0.2) is 30.5 Å². The van der Waals surface area contributed by atoms with Crippen molar-refractivity contribution in [3.8, 4) is 0 Å². The zero-order valence-electron chi connectivity index (χ0n) is 12.8. The monoisotopic (exact) mass is 295 g/mol. The Kier molecular flexibility index (Phi) is 3.42. The van der Waals surface area contributed by atoms with Gasteiger partial charge in [-0.05, 0) is 44.0 Å². The van der Waals surface area contributed by atoms with Crippen LogP contribution < -0.4 is 0 Å². The number of rotatable bonds is 3. The third kappa shape index (κ3) is 2.52. The smallest absolute Gasteiger partial charge is 0.155 e. The first kappa shape index (κ1) is 13.5. The third-order valence-electron chi connectivity index (χ3n) is 4.56. The minimum atomic E-state index is 0.448. The average molecular weight is 295 g/mol. The van der Waals surface area contributed by atoms with Gasteiger partial charge in [-0.25, -0.2) is 4.98 Å². The highest BCUT2D eigenvalue weighted by molar-refractivity contribution is 5.82. The summed E-state index contributed by atoms with van der Waals surface area (Å²) in [5.41, 5.74) is 2.61. The molecule has 1 aliphatic heterocycles. The average Bonchev–Trinajstić information content (AvgIpc) is 3.17. The van der Waals surface area contributed by atoms with E-state index in [0.717, 1.165) is 31.3 Å². The molecule has 0 bridgehead atoms. The molecule has 2 N–H and O–H groups in total. The standard InChI is InChI=1S/C17H21N5/c1-12-19-17(21-20-12)14-5-3-9-22(11-14)10-13-4-2-6-16-15(13)7-8-18-16/h2,4,6-8,14,18H,3,5,9-11H2,1H3,(H,19,20,21). The van der Waals surface area contributed by atoms with Crippen LogP contribution in [0.5, 0.6) is 0 Å². The van der Waals surface area contributed by atoms with E-state index in [9.17, 15) is 0 Å². The lowest BCUT2D eigenvalue weighted by atomic mass is 9.96. The Hall–Kier alpha value is -2.14. The van der Waals surface area contributed by atoms with Gasteiger partial charge in [0, 0.05) is 36.1 Å². The molecule has 1 aliphatic rings. The molecule has 1 aromatic carbocycles. The van der Waals surface area contributed by atoms with Crippen LogP contribution in [0, 0.1) is 6.92 Å². The minimum Gasteiger partial charge on any atom is -0.361 e. The second kappa shape index (κ2) is 5.57. The molecule has 4 rings (SSSR count). The zero-order valence-corrected chi connectivity index (χ0v) is 12.8. The van der Waals surface area contributed by atoms with Crippen LogP contribution in [0.1, 0.15) is 36.0 Å². The van der Waals surface area contributed by atoms with E-state index < -0.39 is 0 Å². The largest absolute Gasteiger partial charge is 0.361 e. The minimum absolute atomic E-state index is 0.448. The summed E-state index contributed by atoms with van der Waals surface area (Å²) in [5, 5.41) is 8.65. The van der Waals surface area contributed by atoms with Crippen LogP contribution in [-0.2, 0) is 6.54 Å². The molecule has 5 nitrogen and oxygen atoms in total. The van der Waals surface area contributed by atoms with Gasteiger partial charge in [0.1, 0.15) is 5.82 Å². The summed E-state index contributed by atoms with van der Waals surface area (Å²) in [7, 11) is 0. The van der Waals surface area contributed by atoms with Crippen LogP contribution in [0.25, 0.3) is 10.9 Å². The number of hydrogen-bond acceptors (Lipinski definition) is 3. The Morgan fingerprint density at radius 3 is 3.14 bits per heavy atom. The molecule has 0 amide bonds. The van der Waals surface area contributed by atoms with Gasteiger partial charge < -0.3 is 4.98 Å². The van der Waals surface area contributed by atoms with E-state index in [2.05, 4.69) is 49.3 Å². The summed E-state index contributed by atoms with van der Waals surface area (Å²) in [5.74, 6) is 2.33. The predicted molar refractivity (Wildman–Crippen MR) is 86.7 cm³/mol. The number of aryl methyl sites for hydroxylation is 1. The van der Waals surface area contributed by atoms with Crippen molar-refractivity contribution in [1.82, 2.24) is 25.1 Å². The van der Waals surface area contributed by atoms with Gasteiger partial charge in [0.2, 0.25) is 0 Å². The Balaban J connectivity index is 1.52. The van der Waals surface area contributed by atoms with Crippen molar-refractivity contribution >= 4 is 10.9 Å². The maximum Gasteiger partial charge on any atom is 0.155 e. The SMILES string of the molecule is Cc1nc(C2CCCN(Cc3cccc4[nH]ccc34)C2)n[nH]1. The molecule has 0 spiro atoms. The molecular formula is C17H21N5. The summed E-state index contributed by atoms with van der Waals surface area (Å²) >= 11 is 0. The van der Waals surface area contributed by atoms with E-state index in [1.54, 1.807) is 0 Å². The van der Waals surface area contributed by atoms with Crippen molar-refractivity contribution in [2.24, 2.45) is 0 Å². The highest BCUT2D eigenvalue weighted by atomic mass is 15.2. The number of likely N-dealkylation sites (tertiary alicyclic amines) is 1. The Morgan fingerprint density at radius 1 is 1.32 bits per heavy atom. The Labute approximate surface area is 129 Å². The third-order valence-corrected chi connectivity index (χ3v) is 4.56. The molecule has 1 atom stereocenters. The molecule has 3 heterocycles. The van der Waals surface area contributed by atoms with Crippen LogP contribution in [0.2, 0.25) is 0 Å². The second-order valence-corrected chi connectivity index (χ2v) is 6.21. The lowest BCUT2D eigenvalue weighted by Crippen LogP contribution is -2.34. The summed E-state index contributed by atoms with van der Waals surface area (Å²) in [4.78, 5) is 10.3. The molecule has 2 aromatic heterocycles. The fourth-order valence-electron chi connectivity index (χ4n) is 3.48. The van der Waals surface area contributed by atoms with Gasteiger partial charge in [0.05, 0.1) is 0 Å². The van der Waals surface area contributed by atoms with Crippen molar-refractivity contribution in [3.63, 3.8) is 0 Å². The molecule has 1 unspecified atom stereocenters. The number of H-pyrrole nitrogens is 2. The summed E-state index contributed by atoms with van der Waals surface area (Å²) in [6.45, 7) is 5.15. The Morgan fingerprint density at radius 2 is 2.27 bits per heavy atom. The van der Waals surface area contributed by atoms with Crippen molar-refractivity contribution < 1.29 is 0 Å². The molecule has 3 aromatic rings. The number of benzene rings is 1. The van der Waals surface area contributed by atoms with Crippen LogP contribution in [0.3, 0.4) is 0 Å². The second-order valence-electron chi connectivity index (χ2n) is 6.21. The van der Waals surface area contributed by atoms with Crippen LogP contribution in [-0.4, -0.2) is 38.2 Å². The lowest BCUT2D eigenvalue weighted by Gasteiger charge is -2.31. The highest BCUT2D eigenvalue weighted by Crippen LogP contribution is 2.27. The van der Waals surface area contributed by atoms with Crippen molar-refractivity contribution in [2.75, 3.05) is 13.1 Å². The van der Waals surface area contributed by atoms with Gasteiger partial charge in [0.25, 0.3) is 0 Å². The molecule has 0 aliphatic carbocycles. The molecule has 0 saturated carbocycles. The van der Waals surface area contributed by atoms with Gasteiger partial charge >= 0.3 is 0 Å². The van der Waals surface area contributed by atoms with E-state index in [-0.39, 0.29) is 0 Å². The van der Waals surface area contributed by atoms with Crippen molar-refractivity contribution in [2.45, 2.75) is 32.2 Å². The number of nitrogens with zero attached hydrogens (tertiary/aromatic N) is 3. The predicted octanol–water partition coefficient (Wildman–Crippen LogP) is 2.97. The number of aromatic nitrogens is 4. The van der Waals surface area contributed by atoms with Gasteiger partial charge in [-0.3, -0.25) is 10.00 Å². The molecule has 114 valence electrons. The van der Waals surface area contributed by atoms with E-state index in [4.69, 9.17) is 0 Å². The summed E-state index contributed by atoms with van der Waals surface area (Å²) in [6.07, 6.45) is 4.41. The number of piperidine rings is 1.